The van der Waals surface area contributed by atoms with Crippen molar-refractivity contribution in [3.05, 3.63) is 72.8 Å². The molecular formula is C14H14AsBr2NO3. The Morgan fingerprint density at radius 3 is 1.29 bits per heavy atom. The molecule has 7 heteroatoms. The van der Waals surface area contributed by atoms with Gasteiger partial charge in [0.05, 0.1) is 5.09 Å². The minimum atomic E-state index is -1.92. The molecule has 4 nitrogen and oxygen atoms in total. The van der Waals surface area contributed by atoms with Gasteiger partial charge >= 0.3 is 123 Å². The molecule has 0 saturated carbocycles. The van der Waals surface area contributed by atoms with E-state index in [2.05, 4.69) is 91.8 Å². The smallest absolute Gasteiger partial charge is 0.0689 e. The van der Waals surface area contributed by atoms with Gasteiger partial charge in [-0.15, -0.1) is 0 Å². The van der Waals surface area contributed by atoms with Crippen molar-refractivity contribution in [1.82, 2.24) is 0 Å². The van der Waals surface area contributed by atoms with Gasteiger partial charge in [0.2, 0.25) is 0 Å². The van der Waals surface area contributed by atoms with Crippen LogP contribution in [0, 0.1) is 15.3 Å². The van der Waals surface area contributed by atoms with Crippen LogP contribution in [-0.2, 0) is 0 Å². The zero-order chi connectivity index (χ0) is 16.0. The van der Waals surface area contributed by atoms with Gasteiger partial charge in [-0.25, -0.2) is 0 Å². The molecule has 2 rings (SSSR count). The summed E-state index contributed by atoms with van der Waals surface area (Å²) in [5, 5.41) is 14.8. The molecule has 0 aliphatic heterocycles. The third-order valence-corrected chi connectivity index (χ3v) is 10.7. The fraction of sp³-hybridized carbons (Fsp3) is 0.143. The molecule has 0 bridgehead atoms. The summed E-state index contributed by atoms with van der Waals surface area (Å²) in [6.07, 6.45) is 0. The van der Waals surface area contributed by atoms with Crippen LogP contribution in [0.3, 0.4) is 0 Å². The zero-order valence-electron chi connectivity index (χ0n) is 11.5. The molecule has 0 saturated heterocycles. The second-order valence-electron chi connectivity index (χ2n) is 4.63. The van der Waals surface area contributed by atoms with Gasteiger partial charge in [0, 0.05) is 0 Å². The monoisotopic (exact) mass is 477 g/mol. The van der Waals surface area contributed by atoms with Crippen LogP contribution in [0.5, 0.6) is 0 Å². The first-order chi connectivity index (χ1) is 9.73. The second-order valence-corrected chi connectivity index (χ2v) is 14.7. The van der Waals surface area contributed by atoms with Gasteiger partial charge in [0.1, 0.15) is 0 Å². The summed E-state index contributed by atoms with van der Waals surface area (Å²) in [5.41, 5.74) is 4.84. The minimum absolute atomic E-state index is 1.15. The summed E-state index contributed by atoms with van der Waals surface area (Å²) in [6, 6.07) is 17.5. The number of halogens is 2. The largest absolute Gasteiger partial charge is 0.356 e. The number of hydrogen-bond donors (Lipinski definition) is 0. The average molecular weight is 479 g/mol. The molecule has 0 radical (unpaired) electrons. The van der Waals surface area contributed by atoms with Crippen molar-refractivity contribution in [3.8, 4) is 0 Å². The predicted octanol–water partition coefficient (Wildman–Crippen LogP) is 3.80. The molecule has 2 aromatic carbocycles. The van der Waals surface area contributed by atoms with Crippen molar-refractivity contribution in [3.63, 3.8) is 0 Å². The number of hydrogen-bond acceptors (Lipinski definition) is 3. The van der Waals surface area contributed by atoms with Crippen LogP contribution in [-0.4, -0.2) is 18.6 Å². The van der Waals surface area contributed by atoms with Gasteiger partial charge in [-0.1, -0.05) is 0 Å². The summed E-state index contributed by atoms with van der Waals surface area (Å²) in [7, 11) is 0. The Hall–Kier alpha value is -0.842. The molecule has 0 aliphatic rings. The Balaban J connectivity index is 0.000000491. The molecule has 0 fully saturated rings. The van der Waals surface area contributed by atoms with E-state index in [1.807, 2.05) is 0 Å². The van der Waals surface area contributed by atoms with E-state index in [1.54, 1.807) is 0 Å². The van der Waals surface area contributed by atoms with E-state index in [9.17, 15) is 0 Å². The fourth-order valence-corrected chi connectivity index (χ4v) is 6.68. The van der Waals surface area contributed by atoms with Crippen LogP contribution < -0.4 is 8.70 Å². The Kier molecular flexibility index (Phi) is 6.91. The van der Waals surface area contributed by atoms with Crippen molar-refractivity contribution in [2.75, 3.05) is 0 Å². The number of benzene rings is 2. The summed E-state index contributed by atoms with van der Waals surface area (Å²) < 4.78 is 5.28. The molecule has 2 aromatic rings. The third kappa shape index (κ3) is 5.81. The number of nitrogens with zero attached hydrogens (tertiary/aromatic N) is 1. The van der Waals surface area contributed by atoms with Crippen LogP contribution in [0.4, 0.5) is 0 Å². The van der Waals surface area contributed by atoms with Gasteiger partial charge in [-0.3, -0.25) is 0 Å². The van der Waals surface area contributed by atoms with Crippen LogP contribution in [0.25, 0.3) is 0 Å². The minimum Gasteiger partial charge on any atom is -0.356 e. The van der Waals surface area contributed by atoms with Crippen molar-refractivity contribution >= 4 is 54.1 Å². The first kappa shape index (κ1) is 18.2. The van der Waals surface area contributed by atoms with Crippen molar-refractivity contribution in [2.45, 2.75) is 11.4 Å². The van der Waals surface area contributed by atoms with Gasteiger partial charge in [-0.2, -0.15) is 0 Å². The Labute approximate surface area is 143 Å². The average Bonchev–Trinajstić information content (AvgIpc) is 2.39. The molecular weight excluding hydrogens is 465 g/mol. The SMILES string of the molecule is C[As+](C)(c1ccc(Br)cc1)c1ccc(Br)cc1.O=[N+]([O-])[O-]. The molecule has 21 heavy (non-hydrogen) atoms. The van der Waals surface area contributed by atoms with Crippen molar-refractivity contribution < 1.29 is 5.09 Å². The first-order valence-electron chi connectivity index (χ1n) is 5.91. The van der Waals surface area contributed by atoms with Gasteiger partial charge in [0.25, 0.3) is 0 Å². The van der Waals surface area contributed by atoms with E-state index >= 15 is 0 Å². The van der Waals surface area contributed by atoms with Crippen LogP contribution in [0.15, 0.2) is 57.5 Å². The second kappa shape index (κ2) is 7.97. The van der Waals surface area contributed by atoms with E-state index in [-0.39, 0.29) is 0 Å². The first-order valence-corrected chi connectivity index (χ1v) is 13.1. The van der Waals surface area contributed by atoms with Gasteiger partial charge in [0.15, 0.2) is 0 Å². The Morgan fingerprint density at radius 1 is 0.810 bits per heavy atom. The summed E-state index contributed by atoms with van der Waals surface area (Å²) in [6.45, 7) is 0. The quantitative estimate of drug-likeness (QED) is 0.374. The topological polar surface area (TPSA) is 66.2 Å². The molecule has 0 aromatic heterocycles. The van der Waals surface area contributed by atoms with Crippen molar-refractivity contribution in [1.29, 1.82) is 0 Å². The van der Waals surface area contributed by atoms with Crippen LogP contribution in [0.2, 0.25) is 11.4 Å². The van der Waals surface area contributed by atoms with Crippen LogP contribution in [0.1, 0.15) is 0 Å². The standard InChI is InChI=1S/C14H14AsBr2.NO3/c1-15(2,11-3-7-13(16)8-4-11)12-5-9-14(17)10-6-12;2-1(3)4/h3-10H,1-2H3;/q+1;-1. The third-order valence-electron chi connectivity index (χ3n) is 2.94. The zero-order valence-corrected chi connectivity index (χ0v) is 16.5. The molecule has 0 aliphatic carbocycles. The maximum atomic E-state index is 8.25. The normalized spacial score (nSPS) is 10.5. The molecule has 0 heterocycles. The molecule has 0 spiro atoms. The van der Waals surface area contributed by atoms with E-state index in [0.717, 1.165) is 8.95 Å². The Morgan fingerprint density at radius 2 is 1.05 bits per heavy atom. The molecule has 0 amide bonds. The maximum Gasteiger partial charge on any atom is 0.0689 e. The van der Waals surface area contributed by atoms with Crippen LogP contribution >= 0.6 is 31.9 Å². The predicted molar refractivity (Wildman–Crippen MR) is 95.4 cm³/mol. The van der Waals surface area contributed by atoms with E-state index in [1.165, 1.54) is 8.70 Å². The van der Waals surface area contributed by atoms with E-state index in [0.29, 0.717) is 0 Å². The Bertz CT molecular complexity index is 549. The maximum absolute atomic E-state index is 8.25. The molecule has 0 unspecified atom stereocenters. The summed E-state index contributed by atoms with van der Waals surface area (Å²) >= 11 is 5.07. The van der Waals surface area contributed by atoms with Crippen molar-refractivity contribution in [2.24, 2.45) is 0 Å². The molecule has 112 valence electrons. The summed E-state index contributed by atoms with van der Waals surface area (Å²) in [4.78, 5) is 8.25. The molecule has 0 N–H and O–H groups in total. The van der Waals surface area contributed by atoms with Gasteiger partial charge in [-0.05, 0) is 0 Å². The number of rotatable bonds is 2. The van der Waals surface area contributed by atoms with E-state index < -0.39 is 18.6 Å². The fourth-order valence-electron chi connectivity index (χ4n) is 1.78. The molecule has 0 atom stereocenters. The summed E-state index contributed by atoms with van der Waals surface area (Å²) in [5.74, 6) is 0. The van der Waals surface area contributed by atoms with E-state index in [4.69, 9.17) is 15.3 Å². The van der Waals surface area contributed by atoms with Gasteiger partial charge < -0.3 is 15.3 Å².